The van der Waals surface area contributed by atoms with Gasteiger partial charge in [-0.05, 0) is 62.2 Å². The van der Waals surface area contributed by atoms with Crippen LogP contribution in [0.1, 0.15) is 48.6 Å². The number of hydrogen-bond donors (Lipinski definition) is 2. The first-order valence-corrected chi connectivity index (χ1v) is 9.03. The molecule has 3 fully saturated rings. The van der Waals surface area contributed by atoms with E-state index in [4.69, 9.17) is 0 Å². The molecule has 2 bridgehead atoms. The molecule has 1 heterocycles. The fraction of sp³-hybridized carbons (Fsp3) is 0.750. The van der Waals surface area contributed by atoms with E-state index in [0.717, 1.165) is 53.8 Å². The quantitative estimate of drug-likeness (QED) is 0.900. The van der Waals surface area contributed by atoms with Gasteiger partial charge in [0.05, 0.1) is 5.69 Å². The van der Waals surface area contributed by atoms with Gasteiger partial charge in [-0.15, -0.1) is 11.3 Å². The maximum atomic E-state index is 11.4. The summed E-state index contributed by atoms with van der Waals surface area (Å²) in [6.45, 7) is 0. The van der Waals surface area contributed by atoms with Crippen LogP contribution in [0.25, 0.3) is 0 Å². The first-order chi connectivity index (χ1) is 10.2. The first-order valence-electron chi connectivity index (χ1n) is 8.21. The summed E-state index contributed by atoms with van der Waals surface area (Å²) >= 11 is 1.70. The van der Waals surface area contributed by atoms with Gasteiger partial charge in [-0.25, -0.2) is 4.98 Å². The minimum Gasteiger partial charge on any atom is -0.481 e. The molecular weight excluding hydrogens is 284 g/mol. The number of aliphatic carboxylic acids is 1. The van der Waals surface area contributed by atoms with E-state index in [-0.39, 0.29) is 5.92 Å². The van der Waals surface area contributed by atoms with Crippen molar-refractivity contribution in [2.75, 3.05) is 5.32 Å². The molecule has 21 heavy (non-hydrogen) atoms. The lowest BCUT2D eigenvalue weighted by Crippen LogP contribution is -2.17. The van der Waals surface area contributed by atoms with Crippen molar-refractivity contribution in [1.29, 1.82) is 0 Å². The van der Waals surface area contributed by atoms with Gasteiger partial charge in [0.2, 0.25) is 0 Å². The van der Waals surface area contributed by atoms with E-state index in [2.05, 4.69) is 10.3 Å². The van der Waals surface area contributed by atoms with Crippen LogP contribution in [0.4, 0.5) is 5.13 Å². The zero-order valence-electron chi connectivity index (χ0n) is 11.9. The molecule has 2 N–H and O–H groups in total. The number of nitrogens with one attached hydrogen (secondary N) is 1. The second-order valence-corrected chi connectivity index (χ2v) is 8.35. The molecule has 5 rings (SSSR count). The van der Waals surface area contributed by atoms with Gasteiger partial charge in [-0.1, -0.05) is 0 Å². The van der Waals surface area contributed by atoms with Gasteiger partial charge in [0, 0.05) is 10.9 Å². The molecule has 0 radical (unpaired) electrons. The largest absolute Gasteiger partial charge is 0.481 e. The molecule has 5 atom stereocenters. The fourth-order valence-electron chi connectivity index (χ4n) is 5.38. The molecule has 0 amide bonds. The molecule has 4 nitrogen and oxygen atoms in total. The lowest BCUT2D eigenvalue weighted by Gasteiger charge is -2.16. The van der Waals surface area contributed by atoms with Crippen molar-refractivity contribution in [1.82, 2.24) is 4.98 Å². The number of thiazole rings is 1. The number of aryl methyl sites for hydroxylation is 1. The number of carbonyl (C=O) groups is 1. The Morgan fingerprint density at radius 3 is 2.71 bits per heavy atom. The fourth-order valence-corrected chi connectivity index (χ4v) is 6.49. The SMILES string of the molecule is O=C(O)C1CCCc2sc(NC3C4C5CCC(C5)C34)nc21. The molecule has 5 unspecified atom stereocenters. The summed E-state index contributed by atoms with van der Waals surface area (Å²) in [5, 5.41) is 14.0. The van der Waals surface area contributed by atoms with Crippen molar-refractivity contribution in [3.05, 3.63) is 10.6 Å². The van der Waals surface area contributed by atoms with Crippen molar-refractivity contribution in [2.24, 2.45) is 23.7 Å². The van der Waals surface area contributed by atoms with Crippen LogP contribution in [-0.2, 0) is 11.2 Å². The molecule has 4 aliphatic rings. The molecule has 0 aliphatic heterocycles. The summed E-state index contributed by atoms with van der Waals surface area (Å²) < 4.78 is 0. The molecule has 112 valence electrons. The predicted octanol–water partition coefficient (Wildman–Crippen LogP) is 3.10. The highest BCUT2D eigenvalue weighted by Gasteiger charge is 2.65. The predicted molar refractivity (Wildman–Crippen MR) is 80.7 cm³/mol. The Bertz CT molecular complexity index is 597. The maximum absolute atomic E-state index is 11.4. The number of hydrogen-bond acceptors (Lipinski definition) is 4. The standard InChI is InChI=1S/C16H20N2O2S/c19-15(20)9-2-1-3-10-13(9)17-16(21-10)18-14-11-7-4-5-8(6-7)12(11)14/h7-9,11-12,14H,1-6H2,(H,17,18)(H,19,20). The van der Waals surface area contributed by atoms with E-state index in [1.54, 1.807) is 11.3 Å². The van der Waals surface area contributed by atoms with E-state index >= 15 is 0 Å². The summed E-state index contributed by atoms with van der Waals surface area (Å²) in [6.07, 6.45) is 7.04. The lowest BCUT2D eigenvalue weighted by molar-refractivity contribution is -0.139. The monoisotopic (exact) mass is 304 g/mol. The van der Waals surface area contributed by atoms with E-state index in [1.807, 2.05) is 0 Å². The molecule has 0 spiro atoms. The van der Waals surface area contributed by atoms with Crippen LogP contribution in [0.3, 0.4) is 0 Å². The van der Waals surface area contributed by atoms with Crippen LogP contribution in [0.2, 0.25) is 0 Å². The van der Waals surface area contributed by atoms with Gasteiger partial charge < -0.3 is 10.4 Å². The first kappa shape index (κ1) is 12.4. The number of carboxylic acid groups (broad SMARTS) is 1. The maximum Gasteiger partial charge on any atom is 0.312 e. The zero-order valence-corrected chi connectivity index (χ0v) is 12.7. The van der Waals surface area contributed by atoms with Gasteiger partial charge in [-0.2, -0.15) is 0 Å². The van der Waals surface area contributed by atoms with Crippen LogP contribution >= 0.6 is 11.3 Å². The van der Waals surface area contributed by atoms with Gasteiger partial charge in [-0.3, -0.25) is 4.79 Å². The third-order valence-electron chi connectivity index (χ3n) is 6.28. The van der Waals surface area contributed by atoms with Crippen LogP contribution in [-0.4, -0.2) is 22.1 Å². The Hall–Kier alpha value is -1.10. The lowest BCUT2D eigenvalue weighted by atomic mass is 9.91. The molecule has 4 aliphatic carbocycles. The number of fused-ring (bicyclic) bond motifs is 6. The smallest absolute Gasteiger partial charge is 0.312 e. The topological polar surface area (TPSA) is 62.2 Å². The number of carboxylic acids is 1. The molecule has 0 aromatic carbocycles. The van der Waals surface area contributed by atoms with E-state index in [1.165, 1.54) is 24.1 Å². The highest BCUT2D eigenvalue weighted by molar-refractivity contribution is 7.15. The third-order valence-corrected chi connectivity index (χ3v) is 7.34. The van der Waals surface area contributed by atoms with Crippen molar-refractivity contribution in [3.8, 4) is 0 Å². The van der Waals surface area contributed by atoms with Gasteiger partial charge in [0.25, 0.3) is 0 Å². The van der Waals surface area contributed by atoms with Gasteiger partial charge in [0.1, 0.15) is 5.92 Å². The van der Waals surface area contributed by atoms with Crippen LogP contribution in [0.15, 0.2) is 0 Å². The summed E-state index contributed by atoms with van der Waals surface area (Å²) in [5.41, 5.74) is 0.843. The van der Waals surface area contributed by atoms with Crippen LogP contribution < -0.4 is 5.32 Å². The van der Waals surface area contributed by atoms with E-state index < -0.39 is 5.97 Å². The molecular formula is C16H20N2O2S. The van der Waals surface area contributed by atoms with E-state index in [0.29, 0.717) is 6.04 Å². The minimum atomic E-state index is -0.714. The Kier molecular flexibility index (Phi) is 2.50. The second kappa shape index (κ2) is 4.22. The van der Waals surface area contributed by atoms with Crippen LogP contribution in [0, 0.1) is 23.7 Å². The van der Waals surface area contributed by atoms with Gasteiger partial charge >= 0.3 is 5.97 Å². The van der Waals surface area contributed by atoms with E-state index in [9.17, 15) is 9.90 Å². The Morgan fingerprint density at radius 2 is 2.00 bits per heavy atom. The average Bonchev–Trinajstić information content (AvgIpc) is 2.87. The van der Waals surface area contributed by atoms with Crippen molar-refractivity contribution in [2.45, 2.75) is 50.5 Å². The van der Waals surface area contributed by atoms with Gasteiger partial charge in [0.15, 0.2) is 5.13 Å². The molecule has 1 aromatic heterocycles. The Labute approximate surface area is 128 Å². The summed E-state index contributed by atoms with van der Waals surface area (Å²) in [4.78, 5) is 17.2. The molecule has 0 saturated heterocycles. The molecule has 1 aromatic rings. The van der Waals surface area contributed by atoms with Crippen LogP contribution in [0.5, 0.6) is 0 Å². The number of anilines is 1. The molecule has 5 heteroatoms. The normalized spacial score (nSPS) is 42.5. The van der Waals surface area contributed by atoms with Crippen molar-refractivity contribution >= 4 is 22.4 Å². The third kappa shape index (κ3) is 1.73. The molecule has 3 saturated carbocycles. The van der Waals surface area contributed by atoms with Crippen molar-refractivity contribution < 1.29 is 9.90 Å². The highest BCUT2D eigenvalue weighted by Crippen LogP contribution is 2.66. The Balaban J connectivity index is 1.36. The average molecular weight is 304 g/mol. The number of rotatable bonds is 3. The van der Waals surface area contributed by atoms with Crippen molar-refractivity contribution in [3.63, 3.8) is 0 Å². The number of aromatic nitrogens is 1. The number of nitrogens with zero attached hydrogens (tertiary/aromatic N) is 1. The summed E-state index contributed by atoms with van der Waals surface area (Å²) in [7, 11) is 0. The summed E-state index contributed by atoms with van der Waals surface area (Å²) in [6, 6.07) is 0.632. The zero-order chi connectivity index (χ0) is 14.1. The summed E-state index contributed by atoms with van der Waals surface area (Å²) in [5.74, 6) is 2.60. The highest BCUT2D eigenvalue weighted by atomic mass is 32.1. The second-order valence-electron chi connectivity index (χ2n) is 7.27. The minimum absolute atomic E-state index is 0.379. The Morgan fingerprint density at radius 1 is 1.24 bits per heavy atom.